The third kappa shape index (κ3) is 5.61. The molecule has 0 aliphatic carbocycles. The number of hydrogen-bond acceptors (Lipinski definition) is 8. The third-order valence-corrected chi connectivity index (χ3v) is 5.53. The fraction of sp³-hybridized carbons (Fsp3) is 0.333. The zero-order chi connectivity index (χ0) is 18.4. The fourth-order valence-corrected chi connectivity index (χ4v) is 3.91. The molecule has 2 aromatic rings. The van der Waals surface area contributed by atoms with Gasteiger partial charge in [0.2, 0.25) is 11.0 Å². The lowest BCUT2D eigenvalue weighted by Crippen LogP contribution is -2.42. The molecular formula is C15H19N5O3S2. The molecule has 0 saturated carbocycles. The topological polar surface area (TPSA) is 119 Å². The molecule has 25 heavy (non-hydrogen) atoms. The summed E-state index contributed by atoms with van der Waals surface area (Å²) in [5, 5.41) is 13.5. The van der Waals surface area contributed by atoms with Crippen molar-refractivity contribution in [2.24, 2.45) is 11.7 Å². The minimum atomic E-state index is -0.867. The van der Waals surface area contributed by atoms with Crippen molar-refractivity contribution in [1.29, 1.82) is 0 Å². The van der Waals surface area contributed by atoms with Crippen LogP contribution >= 0.6 is 23.1 Å². The highest BCUT2D eigenvalue weighted by atomic mass is 32.2. The molecule has 0 fully saturated rings. The van der Waals surface area contributed by atoms with Gasteiger partial charge in [-0.1, -0.05) is 43.0 Å². The SMILES string of the molecule is COc1cccc(Nc2nnc(SC(C(=O)NC(N)=O)C(C)C)s2)c1. The number of thioether (sulfide) groups is 1. The Morgan fingerprint density at radius 3 is 2.72 bits per heavy atom. The van der Waals surface area contributed by atoms with Crippen molar-refractivity contribution in [2.75, 3.05) is 12.4 Å². The molecule has 0 aliphatic heterocycles. The number of ether oxygens (including phenoxy) is 1. The van der Waals surface area contributed by atoms with Crippen molar-refractivity contribution in [3.8, 4) is 5.75 Å². The Bertz CT molecular complexity index is 750. The number of amides is 3. The number of aromatic nitrogens is 2. The molecule has 1 aromatic carbocycles. The first-order valence-electron chi connectivity index (χ1n) is 7.40. The minimum Gasteiger partial charge on any atom is -0.497 e. The molecule has 1 aromatic heterocycles. The number of benzene rings is 1. The van der Waals surface area contributed by atoms with Gasteiger partial charge in [0.05, 0.1) is 12.4 Å². The molecule has 2 rings (SSSR count). The maximum atomic E-state index is 12.1. The number of hydrogen-bond donors (Lipinski definition) is 3. The number of rotatable bonds is 7. The summed E-state index contributed by atoms with van der Waals surface area (Å²) in [4.78, 5) is 22.9. The molecular weight excluding hydrogens is 362 g/mol. The normalized spacial score (nSPS) is 11.8. The van der Waals surface area contributed by atoms with Crippen LogP contribution in [0.25, 0.3) is 0 Å². The van der Waals surface area contributed by atoms with Crippen LogP contribution in [0.1, 0.15) is 13.8 Å². The Balaban J connectivity index is 2.06. The van der Waals surface area contributed by atoms with E-state index >= 15 is 0 Å². The van der Waals surface area contributed by atoms with Crippen molar-refractivity contribution < 1.29 is 14.3 Å². The van der Waals surface area contributed by atoms with Crippen LogP contribution in [-0.2, 0) is 4.79 Å². The average Bonchev–Trinajstić information content (AvgIpc) is 2.99. The van der Waals surface area contributed by atoms with Crippen molar-refractivity contribution in [2.45, 2.75) is 23.4 Å². The van der Waals surface area contributed by atoms with Crippen molar-refractivity contribution in [1.82, 2.24) is 15.5 Å². The van der Waals surface area contributed by atoms with Crippen LogP contribution in [0.4, 0.5) is 15.6 Å². The lowest BCUT2D eigenvalue weighted by Gasteiger charge is -2.16. The largest absolute Gasteiger partial charge is 0.497 e. The van der Waals surface area contributed by atoms with Gasteiger partial charge in [0.1, 0.15) is 5.75 Å². The standard InChI is InChI=1S/C15H19N5O3S2/c1-8(2)11(12(21)18-13(16)22)24-15-20-19-14(25-15)17-9-5-4-6-10(7-9)23-3/h4-8,11H,1-3H3,(H,17,19)(H3,16,18,21,22). The number of methoxy groups -OCH3 is 1. The molecule has 1 unspecified atom stereocenters. The molecule has 0 aliphatic rings. The fourth-order valence-electron chi connectivity index (χ4n) is 1.93. The maximum absolute atomic E-state index is 12.1. The van der Waals surface area contributed by atoms with E-state index in [9.17, 15) is 9.59 Å². The number of urea groups is 1. The first-order chi connectivity index (χ1) is 11.9. The zero-order valence-electron chi connectivity index (χ0n) is 14.0. The molecule has 0 saturated heterocycles. The van der Waals surface area contributed by atoms with E-state index in [0.717, 1.165) is 11.4 Å². The minimum absolute atomic E-state index is 0.0111. The van der Waals surface area contributed by atoms with Crippen LogP contribution < -0.4 is 21.1 Å². The van der Waals surface area contributed by atoms with E-state index in [0.29, 0.717) is 9.47 Å². The molecule has 0 spiro atoms. The van der Waals surface area contributed by atoms with E-state index in [2.05, 4.69) is 20.8 Å². The molecule has 134 valence electrons. The second kappa shape index (κ2) is 8.67. The van der Waals surface area contributed by atoms with Crippen LogP contribution in [0.15, 0.2) is 28.6 Å². The highest BCUT2D eigenvalue weighted by Gasteiger charge is 2.26. The number of primary amides is 1. The lowest BCUT2D eigenvalue weighted by atomic mass is 10.1. The Hall–Kier alpha value is -2.33. The molecule has 4 N–H and O–H groups in total. The number of nitrogens with one attached hydrogen (secondary N) is 2. The van der Waals surface area contributed by atoms with Gasteiger partial charge < -0.3 is 15.8 Å². The highest BCUT2D eigenvalue weighted by Crippen LogP contribution is 2.33. The summed E-state index contributed by atoms with van der Waals surface area (Å²) in [5.41, 5.74) is 5.83. The summed E-state index contributed by atoms with van der Waals surface area (Å²) >= 11 is 2.56. The first-order valence-corrected chi connectivity index (χ1v) is 9.10. The van der Waals surface area contributed by atoms with Crippen LogP contribution in [0.5, 0.6) is 5.75 Å². The lowest BCUT2D eigenvalue weighted by molar-refractivity contribution is -0.120. The van der Waals surface area contributed by atoms with Gasteiger partial charge in [-0.15, -0.1) is 10.2 Å². The Morgan fingerprint density at radius 2 is 2.08 bits per heavy atom. The number of nitrogens with two attached hydrogens (primary N) is 1. The molecule has 0 bridgehead atoms. The maximum Gasteiger partial charge on any atom is 0.318 e. The van der Waals surface area contributed by atoms with Crippen molar-refractivity contribution in [3.63, 3.8) is 0 Å². The summed E-state index contributed by atoms with van der Waals surface area (Å²) in [5.74, 6) is 0.278. The van der Waals surface area contributed by atoms with E-state index in [4.69, 9.17) is 10.5 Å². The summed E-state index contributed by atoms with van der Waals surface area (Å²) in [6.07, 6.45) is 0. The Labute approximate surface area is 153 Å². The second-order valence-electron chi connectivity index (χ2n) is 5.37. The van der Waals surface area contributed by atoms with Crippen molar-refractivity contribution >= 4 is 45.9 Å². The van der Waals surface area contributed by atoms with Crippen molar-refractivity contribution in [3.05, 3.63) is 24.3 Å². The zero-order valence-corrected chi connectivity index (χ0v) is 15.6. The molecule has 3 amide bonds. The molecule has 8 nitrogen and oxygen atoms in total. The smallest absolute Gasteiger partial charge is 0.318 e. The van der Waals surface area contributed by atoms with Gasteiger partial charge in [-0.2, -0.15) is 0 Å². The number of nitrogens with zero attached hydrogens (tertiary/aromatic N) is 2. The number of carbonyl (C=O) groups is 2. The van der Waals surface area contributed by atoms with Gasteiger partial charge >= 0.3 is 6.03 Å². The summed E-state index contributed by atoms with van der Waals surface area (Å²) in [6.45, 7) is 3.77. The third-order valence-electron chi connectivity index (χ3n) is 3.07. The van der Waals surface area contributed by atoms with Crippen LogP contribution in [0.2, 0.25) is 0 Å². The number of carbonyl (C=O) groups excluding carboxylic acids is 2. The molecule has 1 atom stereocenters. The van der Waals surface area contributed by atoms with E-state index in [1.807, 2.05) is 38.1 Å². The predicted molar refractivity (Wildman–Crippen MR) is 98.4 cm³/mol. The summed E-state index contributed by atoms with van der Waals surface area (Å²) in [7, 11) is 1.60. The molecule has 10 heteroatoms. The Morgan fingerprint density at radius 1 is 1.32 bits per heavy atom. The van der Waals surface area contributed by atoms with E-state index in [-0.39, 0.29) is 5.92 Å². The molecule has 1 heterocycles. The number of imide groups is 1. The molecule has 0 radical (unpaired) electrons. The van der Waals surface area contributed by atoms with Crippen LogP contribution in [0, 0.1) is 5.92 Å². The monoisotopic (exact) mass is 381 g/mol. The predicted octanol–water partition coefficient (Wildman–Crippen LogP) is 2.60. The Kier molecular flexibility index (Phi) is 6.59. The van der Waals surface area contributed by atoms with Gasteiger partial charge in [-0.05, 0) is 18.1 Å². The average molecular weight is 381 g/mol. The van der Waals surface area contributed by atoms with E-state index in [1.54, 1.807) is 7.11 Å². The number of anilines is 2. The quantitative estimate of drug-likeness (QED) is 0.631. The highest BCUT2D eigenvalue weighted by molar-refractivity contribution is 8.02. The first kappa shape index (κ1) is 19.0. The van der Waals surface area contributed by atoms with Gasteiger partial charge in [-0.25, -0.2) is 4.79 Å². The summed E-state index contributed by atoms with van der Waals surface area (Å²) in [6, 6.07) is 6.56. The van der Waals surface area contributed by atoms with Crippen LogP contribution in [0.3, 0.4) is 0 Å². The van der Waals surface area contributed by atoms with Crippen LogP contribution in [-0.4, -0.2) is 34.5 Å². The van der Waals surface area contributed by atoms with E-state index in [1.165, 1.54) is 23.1 Å². The van der Waals surface area contributed by atoms with Gasteiger partial charge in [0, 0.05) is 11.8 Å². The van der Waals surface area contributed by atoms with Gasteiger partial charge in [0.15, 0.2) is 4.34 Å². The van der Waals surface area contributed by atoms with E-state index < -0.39 is 17.2 Å². The second-order valence-corrected chi connectivity index (χ2v) is 7.73. The summed E-state index contributed by atoms with van der Waals surface area (Å²) < 4.78 is 5.79. The van der Waals surface area contributed by atoms with Gasteiger partial charge in [-0.3, -0.25) is 10.1 Å². The van der Waals surface area contributed by atoms with Gasteiger partial charge in [0.25, 0.3) is 0 Å².